The lowest BCUT2D eigenvalue weighted by molar-refractivity contribution is 0.0694. The Morgan fingerprint density at radius 2 is 1.67 bits per heavy atom. The van der Waals surface area contributed by atoms with Crippen molar-refractivity contribution in [3.63, 3.8) is 0 Å². The Kier molecular flexibility index (Phi) is 3.62. The quantitative estimate of drug-likeness (QED) is 0.641. The summed E-state index contributed by atoms with van der Waals surface area (Å²) in [5.74, 6) is -2.50. The highest BCUT2D eigenvalue weighted by Gasteiger charge is 2.20. The van der Waals surface area contributed by atoms with Crippen LogP contribution in [0.1, 0.15) is 10.4 Å². The molecule has 0 saturated carbocycles. The Balaban J connectivity index is 3.44. The first kappa shape index (κ1) is 14.4. The molecule has 100 valence electrons. The van der Waals surface area contributed by atoms with Crippen molar-refractivity contribution in [2.24, 2.45) is 0 Å². The van der Waals surface area contributed by atoms with Crippen LogP contribution in [0.5, 0.6) is 5.75 Å². The Labute approximate surface area is 101 Å². The number of hydrogen-bond acceptors (Lipinski definition) is 6. The molecule has 11 heteroatoms. The standard InChI is InChI=1S/C7H6O9S2/c8-7(9)5-3-4(17(10,11)12)1-2-6(5)16-18(13,14)15/h1-3H,(H,8,9)(H,10,11,12)(H,13,14,15). The fourth-order valence-electron chi connectivity index (χ4n) is 1.02. The first-order chi connectivity index (χ1) is 8.00. The second-order valence-corrected chi connectivity index (χ2v) is 5.39. The predicted molar refractivity (Wildman–Crippen MR) is 55.4 cm³/mol. The minimum atomic E-state index is -4.96. The highest BCUT2D eigenvalue weighted by Crippen LogP contribution is 2.23. The number of hydrogen-bond donors (Lipinski definition) is 3. The Bertz CT molecular complexity index is 686. The van der Waals surface area contributed by atoms with E-state index in [2.05, 4.69) is 4.18 Å². The molecule has 0 aliphatic carbocycles. The van der Waals surface area contributed by atoms with Gasteiger partial charge >= 0.3 is 16.4 Å². The molecule has 0 fully saturated rings. The van der Waals surface area contributed by atoms with E-state index in [1.165, 1.54) is 0 Å². The van der Waals surface area contributed by atoms with E-state index >= 15 is 0 Å². The Hall–Kier alpha value is -1.69. The van der Waals surface area contributed by atoms with Gasteiger partial charge in [0.2, 0.25) is 0 Å². The molecule has 0 heterocycles. The van der Waals surface area contributed by atoms with Gasteiger partial charge in [-0.05, 0) is 18.2 Å². The Morgan fingerprint density at radius 1 is 1.11 bits per heavy atom. The summed E-state index contributed by atoms with van der Waals surface area (Å²) in [6, 6.07) is 1.86. The molecule has 0 bridgehead atoms. The van der Waals surface area contributed by atoms with Crippen molar-refractivity contribution in [3.05, 3.63) is 23.8 Å². The van der Waals surface area contributed by atoms with Gasteiger partial charge < -0.3 is 9.29 Å². The van der Waals surface area contributed by atoms with Gasteiger partial charge in [-0.1, -0.05) is 0 Å². The average Bonchev–Trinajstić information content (AvgIpc) is 2.13. The summed E-state index contributed by atoms with van der Waals surface area (Å²) in [5, 5.41) is 8.72. The lowest BCUT2D eigenvalue weighted by atomic mass is 10.2. The minimum absolute atomic E-state index is 0.484. The second-order valence-electron chi connectivity index (χ2n) is 2.95. The molecule has 0 amide bonds. The third-order valence-electron chi connectivity index (χ3n) is 1.67. The zero-order valence-corrected chi connectivity index (χ0v) is 9.97. The molecule has 18 heavy (non-hydrogen) atoms. The SMILES string of the molecule is O=C(O)c1cc(S(=O)(=O)O)ccc1OS(=O)(=O)O. The van der Waals surface area contributed by atoms with Crippen LogP contribution in [0.15, 0.2) is 23.1 Å². The number of carboxylic acid groups (broad SMARTS) is 1. The van der Waals surface area contributed by atoms with E-state index < -0.39 is 42.7 Å². The second kappa shape index (κ2) is 4.53. The zero-order valence-electron chi connectivity index (χ0n) is 8.34. The lowest BCUT2D eigenvalue weighted by Gasteiger charge is -2.06. The third-order valence-corrected chi connectivity index (χ3v) is 2.91. The van der Waals surface area contributed by atoms with Crippen molar-refractivity contribution >= 4 is 26.5 Å². The molecule has 0 saturated heterocycles. The molecule has 1 rings (SSSR count). The van der Waals surface area contributed by atoms with Crippen molar-refractivity contribution in [2.75, 3.05) is 0 Å². The fourth-order valence-corrected chi connectivity index (χ4v) is 1.90. The molecule has 1 aromatic rings. The van der Waals surface area contributed by atoms with Crippen LogP contribution in [0.3, 0.4) is 0 Å². The molecule has 0 atom stereocenters. The zero-order chi connectivity index (χ0) is 14.1. The maximum atomic E-state index is 10.8. The van der Waals surface area contributed by atoms with Gasteiger partial charge in [0.05, 0.1) is 4.90 Å². The molecule has 0 unspecified atom stereocenters. The van der Waals surface area contributed by atoms with E-state index in [1.54, 1.807) is 0 Å². The van der Waals surface area contributed by atoms with Crippen LogP contribution in [0, 0.1) is 0 Å². The number of rotatable bonds is 4. The summed E-state index contributed by atoms with van der Waals surface area (Å²) in [4.78, 5) is 9.99. The largest absolute Gasteiger partial charge is 0.478 e. The smallest absolute Gasteiger partial charge is 0.446 e. The minimum Gasteiger partial charge on any atom is -0.478 e. The maximum Gasteiger partial charge on any atom is 0.446 e. The van der Waals surface area contributed by atoms with Crippen LogP contribution >= 0.6 is 0 Å². The first-order valence-corrected chi connectivity index (χ1v) is 6.83. The van der Waals surface area contributed by atoms with Crippen LogP contribution < -0.4 is 4.18 Å². The summed E-state index contributed by atoms with van der Waals surface area (Å²) < 4.78 is 63.4. The summed E-state index contributed by atoms with van der Waals surface area (Å²) in [5.41, 5.74) is -0.859. The highest BCUT2D eigenvalue weighted by atomic mass is 32.3. The van der Waals surface area contributed by atoms with E-state index in [0.717, 1.165) is 0 Å². The number of carbonyl (C=O) groups is 1. The van der Waals surface area contributed by atoms with Gasteiger partial charge in [-0.3, -0.25) is 9.11 Å². The van der Waals surface area contributed by atoms with Gasteiger partial charge in [-0.2, -0.15) is 16.8 Å². The van der Waals surface area contributed by atoms with E-state index in [4.69, 9.17) is 14.2 Å². The van der Waals surface area contributed by atoms with Gasteiger partial charge in [0.15, 0.2) is 5.75 Å². The molecule has 0 spiro atoms. The molecule has 1 aromatic carbocycles. The Morgan fingerprint density at radius 3 is 2.06 bits per heavy atom. The van der Waals surface area contributed by atoms with Crippen LogP contribution in [0.2, 0.25) is 0 Å². The molecular formula is C7H6O9S2. The van der Waals surface area contributed by atoms with Crippen molar-refractivity contribution in [3.8, 4) is 5.75 Å². The van der Waals surface area contributed by atoms with Gasteiger partial charge in [0, 0.05) is 0 Å². The normalized spacial score (nSPS) is 12.1. The number of benzene rings is 1. The van der Waals surface area contributed by atoms with Crippen LogP contribution in [-0.4, -0.2) is 37.0 Å². The lowest BCUT2D eigenvalue weighted by Crippen LogP contribution is -2.11. The fraction of sp³-hybridized carbons (Fsp3) is 0. The molecule has 9 nitrogen and oxygen atoms in total. The van der Waals surface area contributed by atoms with Crippen molar-refractivity contribution in [2.45, 2.75) is 4.90 Å². The van der Waals surface area contributed by atoms with Crippen LogP contribution in [0.4, 0.5) is 0 Å². The van der Waals surface area contributed by atoms with E-state index in [1.807, 2.05) is 0 Å². The molecule has 0 aliphatic heterocycles. The first-order valence-electron chi connectivity index (χ1n) is 4.02. The maximum absolute atomic E-state index is 10.8. The van der Waals surface area contributed by atoms with Crippen LogP contribution in [-0.2, 0) is 20.5 Å². The summed E-state index contributed by atoms with van der Waals surface area (Å²) in [7, 11) is -9.61. The highest BCUT2D eigenvalue weighted by molar-refractivity contribution is 7.85. The molecule has 0 aromatic heterocycles. The molecule has 3 N–H and O–H groups in total. The summed E-state index contributed by atoms with van der Waals surface area (Å²) in [6.07, 6.45) is 0. The van der Waals surface area contributed by atoms with Crippen molar-refractivity contribution in [1.29, 1.82) is 0 Å². The summed E-state index contributed by atoms with van der Waals surface area (Å²) >= 11 is 0. The predicted octanol–water partition coefficient (Wildman–Crippen LogP) is -0.187. The van der Waals surface area contributed by atoms with E-state index in [0.29, 0.717) is 18.2 Å². The molecule has 0 radical (unpaired) electrons. The molecule has 0 aliphatic rings. The van der Waals surface area contributed by atoms with E-state index in [9.17, 15) is 21.6 Å². The molecular weight excluding hydrogens is 292 g/mol. The van der Waals surface area contributed by atoms with Gasteiger partial charge in [0.1, 0.15) is 5.56 Å². The van der Waals surface area contributed by atoms with E-state index in [-0.39, 0.29) is 0 Å². The van der Waals surface area contributed by atoms with Gasteiger partial charge in [0.25, 0.3) is 10.1 Å². The van der Waals surface area contributed by atoms with Crippen molar-refractivity contribution in [1.82, 2.24) is 0 Å². The third kappa shape index (κ3) is 3.66. The average molecular weight is 298 g/mol. The van der Waals surface area contributed by atoms with Crippen LogP contribution in [0.25, 0.3) is 0 Å². The number of aromatic carboxylic acids is 1. The van der Waals surface area contributed by atoms with Crippen molar-refractivity contribution < 1.29 is 40.0 Å². The number of carboxylic acids is 1. The summed E-state index contributed by atoms with van der Waals surface area (Å²) in [6.45, 7) is 0. The van der Waals surface area contributed by atoms with Gasteiger partial charge in [-0.15, -0.1) is 0 Å². The topological polar surface area (TPSA) is 155 Å². The van der Waals surface area contributed by atoms with Gasteiger partial charge in [-0.25, -0.2) is 4.79 Å². The monoisotopic (exact) mass is 298 g/mol.